The molecule has 3 aliphatic rings. The highest BCUT2D eigenvalue weighted by atomic mass is 16.7. The lowest BCUT2D eigenvalue weighted by atomic mass is 9.82. The van der Waals surface area contributed by atoms with Gasteiger partial charge in [-0.1, -0.05) is 26.8 Å². The minimum Gasteiger partial charge on any atom is -0.496 e. The van der Waals surface area contributed by atoms with E-state index in [4.69, 9.17) is 33.2 Å². The van der Waals surface area contributed by atoms with E-state index >= 15 is 0 Å². The highest BCUT2D eigenvalue weighted by Crippen LogP contribution is 2.46. The molecule has 0 saturated heterocycles. The van der Waals surface area contributed by atoms with Crippen LogP contribution in [0.4, 0.5) is 0 Å². The molecule has 9 heteroatoms. The van der Waals surface area contributed by atoms with E-state index in [2.05, 4.69) is 112 Å². The van der Waals surface area contributed by atoms with E-state index in [0.29, 0.717) is 23.0 Å². The minimum atomic E-state index is -0.475. The summed E-state index contributed by atoms with van der Waals surface area (Å²) in [5, 5.41) is 4.04. The summed E-state index contributed by atoms with van der Waals surface area (Å²) >= 11 is 0. The molecule has 6 aromatic rings. The van der Waals surface area contributed by atoms with Gasteiger partial charge >= 0.3 is 0 Å². The van der Waals surface area contributed by atoms with Crippen molar-refractivity contribution in [3.8, 4) is 62.8 Å². The van der Waals surface area contributed by atoms with Gasteiger partial charge in [-0.25, -0.2) is 0 Å². The topological polar surface area (TPSA) is 72.4 Å². The molecule has 0 atom stereocenters. The summed E-state index contributed by atoms with van der Waals surface area (Å²) < 4.78 is 47.7. The summed E-state index contributed by atoms with van der Waals surface area (Å²) in [6.07, 6.45) is 6.21. The Bertz CT molecular complexity index is 2580. The molecular formula is C47H50N2O7+2. The highest BCUT2D eigenvalue weighted by molar-refractivity contribution is 5.94. The number of pyridine rings is 2. The van der Waals surface area contributed by atoms with Gasteiger partial charge in [-0.2, -0.15) is 9.13 Å². The molecule has 0 N–H and O–H groups in total. The number of rotatable bonds is 7. The van der Waals surface area contributed by atoms with E-state index in [9.17, 15) is 0 Å². The second-order valence-electron chi connectivity index (χ2n) is 17.0. The quantitative estimate of drug-likeness (QED) is 0.151. The van der Waals surface area contributed by atoms with Gasteiger partial charge in [0, 0.05) is 30.5 Å². The molecule has 56 heavy (non-hydrogen) atoms. The number of aryl methyl sites for hydroxylation is 4. The number of ether oxygens (including phenoxy) is 7. The molecule has 0 radical (unpaired) electrons. The molecule has 0 bridgehead atoms. The molecule has 0 fully saturated rings. The largest absolute Gasteiger partial charge is 0.496 e. The van der Waals surface area contributed by atoms with E-state index in [1.807, 2.05) is 6.07 Å². The van der Waals surface area contributed by atoms with Gasteiger partial charge in [-0.15, -0.1) is 0 Å². The monoisotopic (exact) mass is 754 g/mol. The lowest BCUT2D eigenvalue weighted by Crippen LogP contribution is -2.40. The van der Waals surface area contributed by atoms with E-state index in [1.165, 1.54) is 22.3 Å². The van der Waals surface area contributed by atoms with Gasteiger partial charge in [-0.3, -0.25) is 0 Å². The van der Waals surface area contributed by atoms with Crippen molar-refractivity contribution >= 4 is 21.5 Å². The third kappa shape index (κ3) is 6.08. The van der Waals surface area contributed by atoms with E-state index < -0.39 is 5.60 Å². The maximum atomic E-state index is 6.84. The number of hydrogen-bond acceptors (Lipinski definition) is 7. The Labute approximate surface area is 328 Å². The SMILES string of the molecule is COc1cc2c(cc1C(C)(C)C)CC[n+]1cc3c(OCc4cc5cc6[n+](cc5c(OC(C)(C)C)c4OC)CCc4cc5c(cc4-6)OCO5)c(OC)ccc3cc1-2. The van der Waals surface area contributed by atoms with Crippen molar-refractivity contribution in [2.24, 2.45) is 0 Å². The maximum Gasteiger partial charge on any atom is 0.231 e. The summed E-state index contributed by atoms with van der Waals surface area (Å²) in [4.78, 5) is 0. The normalized spacial score (nSPS) is 14.2. The molecule has 0 aliphatic carbocycles. The smallest absolute Gasteiger partial charge is 0.231 e. The highest BCUT2D eigenvalue weighted by Gasteiger charge is 2.32. The third-order valence-electron chi connectivity index (χ3n) is 11.2. The summed E-state index contributed by atoms with van der Waals surface area (Å²) in [5.74, 6) is 5.19. The Hall–Kier alpha value is -5.70. The molecule has 3 aliphatic heterocycles. The standard InChI is InChI=1S/C47H50N2O7/c1-46(2,3)36-17-28-12-14-48-23-34-27(18-37(48)32(28)21-40(36)51-8)10-11-39(50-7)44(34)53-25-31-16-30-19-38-33-22-42-41(54-26-55-42)20-29(33)13-15-49(38)24-35(30)45(43(31)52-9)56-47(4,5)6/h10-11,16-24H,12-15,25-26H2,1-9H3/q+2. The number of nitrogens with zero attached hydrogens (tertiary/aromatic N) is 2. The van der Waals surface area contributed by atoms with Gasteiger partial charge in [0.05, 0.1) is 43.2 Å². The van der Waals surface area contributed by atoms with E-state index in [0.717, 1.165) is 87.2 Å². The first-order chi connectivity index (χ1) is 26.8. The lowest BCUT2D eigenvalue weighted by Gasteiger charge is -2.26. The Kier molecular flexibility index (Phi) is 8.49. The average Bonchev–Trinajstić information content (AvgIpc) is 3.63. The second kappa shape index (κ2) is 13.2. The predicted molar refractivity (Wildman–Crippen MR) is 216 cm³/mol. The molecule has 0 saturated carbocycles. The van der Waals surface area contributed by atoms with Crippen LogP contribution in [0.3, 0.4) is 0 Å². The Morgan fingerprint density at radius 2 is 1.25 bits per heavy atom. The van der Waals surface area contributed by atoms with Gasteiger partial charge in [0.2, 0.25) is 18.2 Å². The van der Waals surface area contributed by atoms with E-state index in [-0.39, 0.29) is 18.8 Å². The summed E-state index contributed by atoms with van der Waals surface area (Å²) in [6, 6.07) is 19.5. The second-order valence-corrected chi connectivity index (χ2v) is 17.0. The van der Waals surface area contributed by atoms with Crippen LogP contribution in [0.5, 0.6) is 40.2 Å². The van der Waals surface area contributed by atoms with Crippen LogP contribution in [0.2, 0.25) is 0 Å². The van der Waals surface area contributed by atoms with Gasteiger partial charge in [0.25, 0.3) is 0 Å². The zero-order chi connectivity index (χ0) is 39.1. The molecule has 9 rings (SSSR count). The summed E-state index contributed by atoms with van der Waals surface area (Å²) in [5.41, 5.74) is 8.79. The molecule has 0 unspecified atom stereocenters. The van der Waals surface area contributed by atoms with Crippen LogP contribution in [-0.2, 0) is 38.0 Å². The van der Waals surface area contributed by atoms with Crippen molar-refractivity contribution in [3.63, 3.8) is 0 Å². The van der Waals surface area contributed by atoms with Crippen molar-refractivity contribution in [2.75, 3.05) is 28.1 Å². The number of fused-ring (bicyclic) bond motifs is 9. The van der Waals surface area contributed by atoms with Gasteiger partial charge < -0.3 is 33.2 Å². The molecule has 288 valence electrons. The fourth-order valence-electron chi connectivity index (χ4n) is 8.52. The van der Waals surface area contributed by atoms with Crippen LogP contribution in [0.25, 0.3) is 44.1 Å². The van der Waals surface area contributed by atoms with Gasteiger partial charge in [0.15, 0.2) is 60.0 Å². The van der Waals surface area contributed by atoms with Crippen molar-refractivity contribution < 1.29 is 42.3 Å². The predicted octanol–water partition coefficient (Wildman–Crippen LogP) is 8.82. The van der Waals surface area contributed by atoms with Crippen molar-refractivity contribution in [3.05, 3.63) is 89.2 Å². The van der Waals surface area contributed by atoms with Gasteiger partial charge in [-0.05, 0) is 90.0 Å². The fraction of sp³-hybridized carbons (Fsp3) is 0.362. The molecule has 2 aromatic heterocycles. The van der Waals surface area contributed by atoms with Crippen molar-refractivity contribution in [1.29, 1.82) is 0 Å². The Morgan fingerprint density at radius 1 is 0.625 bits per heavy atom. The van der Waals surface area contributed by atoms with Gasteiger partial charge in [0.1, 0.15) is 18.0 Å². The molecule has 5 heterocycles. The minimum absolute atomic E-state index is 0.0254. The molecular weight excluding hydrogens is 705 g/mol. The molecule has 0 amide bonds. The van der Waals surface area contributed by atoms with Crippen LogP contribution in [0, 0.1) is 0 Å². The third-order valence-corrected chi connectivity index (χ3v) is 11.2. The zero-order valence-corrected chi connectivity index (χ0v) is 33.8. The molecule has 4 aromatic carbocycles. The van der Waals surface area contributed by atoms with Crippen LogP contribution in [-0.4, -0.2) is 33.7 Å². The zero-order valence-electron chi connectivity index (χ0n) is 33.8. The van der Waals surface area contributed by atoms with Crippen molar-refractivity contribution in [1.82, 2.24) is 0 Å². The summed E-state index contributed by atoms with van der Waals surface area (Å²) in [7, 11) is 5.14. The molecule has 0 spiro atoms. The summed E-state index contributed by atoms with van der Waals surface area (Å²) in [6.45, 7) is 15.0. The Balaban J connectivity index is 1.14. The van der Waals surface area contributed by atoms with Crippen molar-refractivity contribution in [2.45, 2.75) is 85.1 Å². The average molecular weight is 755 g/mol. The first kappa shape index (κ1) is 36.0. The molecule has 9 nitrogen and oxygen atoms in total. The fourth-order valence-corrected chi connectivity index (χ4v) is 8.52. The van der Waals surface area contributed by atoms with Crippen LogP contribution in [0.1, 0.15) is 63.8 Å². The number of aromatic nitrogens is 2. The van der Waals surface area contributed by atoms with Crippen LogP contribution < -0.4 is 42.3 Å². The number of hydrogen-bond donors (Lipinski definition) is 0. The first-order valence-corrected chi connectivity index (χ1v) is 19.4. The number of methoxy groups -OCH3 is 3. The lowest BCUT2D eigenvalue weighted by molar-refractivity contribution is -0.686. The maximum absolute atomic E-state index is 6.84. The van der Waals surface area contributed by atoms with E-state index in [1.54, 1.807) is 21.3 Å². The number of benzene rings is 4. The Morgan fingerprint density at radius 3 is 1.89 bits per heavy atom. The van der Waals surface area contributed by atoms with Crippen LogP contribution >= 0.6 is 0 Å². The first-order valence-electron chi connectivity index (χ1n) is 19.4. The van der Waals surface area contributed by atoms with Crippen LogP contribution in [0.15, 0.2) is 67.0 Å².